The predicted octanol–water partition coefficient (Wildman–Crippen LogP) is 14.3. The first-order valence-electron chi connectivity index (χ1n) is 19.9. The summed E-state index contributed by atoms with van der Waals surface area (Å²) < 4.78 is 2.76. The number of halogens is 2. The van der Waals surface area contributed by atoms with Gasteiger partial charge in [-0.25, -0.2) is 0 Å². The summed E-state index contributed by atoms with van der Waals surface area (Å²) in [5.41, 5.74) is 7.36. The van der Waals surface area contributed by atoms with Crippen molar-refractivity contribution in [3.05, 3.63) is 6.08 Å². The van der Waals surface area contributed by atoms with Crippen LogP contribution in [0.15, 0.2) is 6.08 Å². The molecule has 6 aliphatic carbocycles. The molecule has 0 aliphatic heterocycles. The maximum atomic E-state index is 5.34. The minimum absolute atomic E-state index is 0.0465. The van der Waals surface area contributed by atoms with E-state index < -0.39 is 13.5 Å². The van der Waals surface area contributed by atoms with E-state index in [-0.39, 0.29) is 15.8 Å². The molecule has 0 atom stereocenters. The van der Waals surface area contributed by atoms with E-state index >= 15 is 0 Å². The second-order valence-corrected chi connectivity index (χ2v) is 27.9. The first-order chi connectivity index (χ1) is 21.7. The standard InChI is InChI=1S/2C18H33P.C3H4.2ClH.Ru/c2*1-4-10-16(11-5-1)19(17-12-6-2-7-13-17)18-14-8-3-9-15-18;1-3-2;;;/h2*16-18H,1-15H2;3H,1H3;2*1H;/q;;;;;+2. The summed E-state index contributed by atoms with van der Waals surface area (Å²) in [4.78, 5) is 0. The topological polar surface area (TPSA) is 0 Å². The molecule has 0 bridgehead atoms. The molecule has 5 heteroatoms. The Kier molecular flexibility index (Phi) is 20.3. The van der Waals surface area contributed by atoms with Gasteiger partial charge in [0.15, 0.2) is 0 Å². The number of hydrogen-bond donors (Lipinski definition) is 0. The van der Waals surface area contributed by atoms with Crippen molar-refractivity contribution in [1.82, 2.24) is 0 Å². The van der Waals surface area contributed by atoms with Crippen molar-refractivity contribution < 1.29 is 13.5 Å². The molecule has 6 fully saturated rings. The van der Waals surface area contributed by atoms with Crippen molar-refractivity contribution in [2.75, 3.05) is 0 Å². The van der Waals surface area contributed by atoms with Crippen LogP contribution in [0, 0.1) is 0 Å². The Balaban J connectivity index is 0.000000170. The normalized spacial score (nSPS) is 26.2. The van der Waals surface area contributed by atoms with E-state index in [0.717, 1.165) is 0 Å². The molecule has 6 saturated carbocycles. The Hall–Kier alpha value is 1.71. The molecule has 0 aromatic carbocycles. The van der Waals surface area contributed by atoms with Crippen LogP contribution in [0.4, 0.5) is 0 Å². The summed E-state index contributed by atoms with van der Waals surface area (Å²) in [6.07, 6.45) is 49.3. The van der Waals surface area contributed by atoms with Gasteiger partial charge in [0.25, 0.3) is 0 Å². The van der Waals surface area contributed by atoms with Crippen molar-refractivity contribution in [2.45, 2.75) is 234 Å². The third-order valence-corrected chi connectivity index (χ3v) is 23.6. The molecular weight excluding hydrogens is 702 g/mol. The third-order valence-electron chi connectivity index (χ3n) is 12.6. The van der Waals surface area contributed by atoms with Crippen LogP contribution in [0.1, 0.15) is 200 Å². The molecule has 0 heterocycles. The minimum atomic E-state index is -1.57. The molecule has 0 aromatic rings. The Labute approximate surface area is 290 Å². The van der Waals surface area contributed by atoms with Crippen molar-refractivity contribution in [2.24, 2.45) is 0 Å². The van der Waals surface area contributed by atoms with E-state index in [9.17, 15) is 0 Å². The first-order valence-corrected chi connectivity index (χ1v) is 28.8. The van der Waals surface area contributed by atoms with Gasteiger partial charge in [0.1, 0.15) is 0 Å². The summed E-state index contributed by atoms with van der Waals surface area (Å²) in [7, 11) is 10.6. The van der Waals surface area contributed by atoms with Gasteiger partial charge in [0.05, 0.1) is 34.0 Å². The van der Waals surface area contributed by atoms with Gasteiger partial charge in [0, 0.05) is 15.8 Å². The SMILES string of the molecule is C1CCC([PH+](C2CCCCC2)C2CCCCC2)CC1.C1CCC([PH+](C2CCCCC2)C2CCCCC2)CC1.CC=[C]=[Ru]([Cl])[Cl]. The van der Waals surface area contributed by atoms with E-state index in [0.29, 0.717) is 0 Å². The molecule has 0 radical (unpaired) electrons. The second kappa shape index (κ2) is 23.2. The quantitative estimate of drug-likeness (QED) is 0.186. The van der Waals surface area contributed by atoms with Crippen LogP contribution in [0.2, 0.25) is 0 Å². The molecule has 0 unspecified atom stereocenters. The average Bonchev–Trinajstić information content (AvgIpc) is 3.09. The third kappa shape index (κ3) is 13.6. The Morgan fingerprint density at radius 1 is 0.386 bits per heavy atom. The predicted molar refractivity (Wildman–Crippen MR) is 205 cm³/mol. The van der Waals surface area contributed by atoms with Gasteiger partial charge in [-0.15, -0.1) is 0 Å². The molecule has 258 valence electrons. The van der Waals surface area contributed by atoms with Gasteiger partial charge in [-0.1, -0.05) is 38.5 Å². The van der Waals surface area contributed by atoms with Crippen LogP contribution in [-0.4, -0.2) is 38.2 Å². The van der Waals surface area contributed by atoms with Gasteiger partial charge < -0.3 is 0 Å². The number of allylic oxidation sites excluding steroid dienone is 1. The zero-order chi connectivity index (χ0) is 30.8. The van der Waals surface area contributed by atoms with E-state index in [1.807, 2.05) is 6.92 Å². The fourth-order valence-corrected chi connectivity index (χ4v) is 22.4. The number of rotatable bonds is 6. The fourth-order valence-electron chi connectivity index (χ4n) is 10.7. The van der Waals surface area contributed by atoms with Gasteiger partial charge in [0.2, 0.25) is 0 Å². The van der Waals surface area contributed by atoms with E-state index in [2.05, 4.69) is 4.26 Å². The summed E-state index contributed by atoms with van der Waals surface area (Å²) >= 11 is -1.57. The van der Waals surface area contributed by atoms with E-state index in [4.69, 9.17) is 19.4 Å². The molecule has 0 amide bonds. The Morgan fingerprint density at radius 3 is 0.682 bits per heavy atom. The molecule has 0 spiro atoms. The van der Waals surface area contributed by atoms with Crippen molar-refractivity contribution >= 4 is 39.5 Å². The van der Waals surface area contributed by atoms with Crippen molar-refractivity contribution in [1.29, 1.82) is 0 Å². The first kappa shape index (κ1) is 38.5. The Morgan fingerprint density at radius 2 is 0.568 bits per heavy atom. The summed E-state index contributed by atoms with van der Waals surface area (Å²) in [6, 6.07) is 0. The zero-order valence-corrected chi connectivity index (χ0v) is 34.1. The summed E-state index contributed by atoms with van der Waals surface area (Å²) in [5, 5.41) is 0. The molecule has 0 nitrogen and oxygen atoms in total. The van der Waals surface area contributed by atoms with Gasteiger partial charge in [-0.05, 0) is 154 Å². The van der Waals surface area contributed by atoms with Gasteiger partial charge >= 0.3 is 50.2 Å². The fraction of sp³-hybridized carbons (Fsp3) is 0.949. The van der Waals surface area contributed by atoms with Crippen LogP contribution in [0.5, 0.6) is 0 Å². The van der Waals surface area contributed by atoms with Crippen LogP contribution in [-0.2, 0) is 13.5 Å². The number of hydrogen-bond acceptors (Lipinski definition) is 0. The molecule has 44 heavy (non-hydrogen) atoms. The zero-order valence-electron chi connectivity index (χ0n) is 28.9. The van der Waals surface area contributed by atoms with Crippen LogP contribution in [0.25, 0.3) is 0 Å². The summed E-state index contributed by atoms with van der Waals surface area (Å²) in [6.45, 7) is 1.85. The van der Waals surface area contributed by atoms with Crippen LogP contribution >= 0.6 is 35.2 Å². The summed E-state index contributed by atoms with van der Waals surface area (Å²) in [5.74, 6) is 0. The maximum absolute atomic E-state index is 5.34. The average molecular weight is 775 g/mol. The molecule has 0 saturated heterocycles. The van der Waals surface area contributed by atoms with E-state index in [1.165, 1.54) is 34.0 Å². The molecule has 6 rings (SSSR count). The molecular formula is C39H72Cl2P2Ru+2. The Bertz CT molecular complexity index is 649. The molecule has 0 aromatic heterocycles. The van der Waals surface area contributed by atoms with Crippen molar-refractivity contribution in [3.8, 4) is 0 Å². The molecule has 6 aliphatic rings. The van der Waals surface area contributed by atoms with Crippen LogP contribution in [0.3, 0.4) is 0 Å². The second-order valence-electron chi connectivity index (χ2n) is 15.6. The molecule has 0 N–H and O–H groups in total. The monoisotopic (exact) mass is 774 g/mol. The van der Waals surface area contributed by atoms with Gasteiger partial charge in [-0.2, -0.15) is 0 Å². The van der Waals surface area contributed by atoms with E-state index in [1.54, 1.807) is 199 Å². The van der Waals surface area contributed by atoms with Crippen LogP contribution < -0.4 is 0 Å². The van der Waals surface area contributed by atoms with Gasteiger partial charge in [-0.3, -0.25) is 0 Å². The van der Waals surface area contributed by atoms with Crippen molar-refractivity contribution in [3.63, 3.8) is 0 Å².